The monoisotopic (exact) mass is 275 g/mol. The van der Waals surface area contributed by atoms with Crippen LogP contribution in [-0.2, 0) is 6.54 Å². The van der Waals surface area contributed by atoms with Gasteiger partial charge in [0.05, 0.1) is 17.9 Å². The van der Waals surface area contributed by atoms with Gasteiger partial charge in [0, 0.05) is 22.8 Å². The molecule has 0 aliphatic heterocycles. The summed E-state index contributed by atoms with van der Waals surface area (Å²) < 4.78 is 15.5. The number of aryl methyl sites for hydroxylation is 1. The molecule has 1 aromatic carbocycles. The van der Waals surface area contributed by atoms with Crippen LogP contribution < -0.4 is 5.32 Å². The fraction of sp³-hybridized carbons (Fsp3) is 0.214. The number of nitrogens with zero attached hydrogens (tertiary/aromatic N) is 2. The van der Waals surface area contributed by atoms with Crippen molar-refractivity contribution in [1.82, 2.24) is 9.38 Å². The summed E-state index contributed by atoms with van der Waals surface area (Å²) in [6, 6.07) is 5.08. The highest BCUT2D eigenvalue weighted by molar-refractivity contribution is 7.15. The van der Waals surface area contributed by atoms with E-state index in [1.54, 1.807) is 24.3 Å². The number of hydrogen-bond acceptors (Lipinski definition) is 3. The Labute approximate surface area is 114 Å². The topological polar surface area (TPSA) is 29.3 Å². The van der Waals surface area contributed by atoms with E-state index in [0.717, 1.165) is 22.0 Å². The summed E-state index contributed by atoms with van der Waals surface area (Å²) in [6.45, 7) is 4.41. The van der Waals surface area contributed by atoms with Gasteiger partial charge in [-0.3, -0.25) is 4.40 Å². The highest BCUT2D eigenvalue weighted by atomic mass is 32.1. The highest BCUT2D eigenvalue weighted by Gasteiger charge is 2.10. The quantitative estimate of drug-likeness (QED) is 0.788. The van der Waals surface area contributed by atoms with E-state index >= 15 is 0 Å². The molecule has 0 unspecified atom stereocenters. The van der Waals surface area contributed by atoms with Gasteiger partial charge in [0.15, 0.2) is 4.96 Å². The molecule has 1 N–H and O–H groups in total. The van der Waals surface area contributed by atoms with E-state index in [0.29, 0.717) is 12.1 Å². The van der Waals surface area contributed by atoms with Crippen molar-refractivity contribution in [3.63, 3.8) is 0 Å². The van der Waals surface area contributed by atoms with Crippen LogP contribution in [0.3, 0.4) is 0 Å². The number of thiazole rings is 1. The Kier molecular flexibility index (Phi) is 2.98. The van der Waals surface area contributed by atoms with Crippen LogP contribution in [0.15, 0.2) is 29.8 Å². The number of benzene rings is 1. The summed E-state index contributed by atoms with van der Waals surface area (Å²) in [5, 5.41) is 5.30. The molecule has 3 rings (SSSR count). The van der Waals surface area contributed by atoms with Gasteiger partial charge in [-0.2, -0.15) is 0 Å². The maximum absolute atomic E-state index is 13.5. The van der Waals surface area contributed by atoms with Crippen LogP contribution in [0.1, 0.15) is 17.0 Å². The van der Waals surface area contributed by atoms with Crippen molar-refractivity contribution in [2.24, 2.45) is 0 Å². The Hall–Kier alpha value is -1.88. The van der Waals surface area contributed by atoms with Gasteiger partial charge < -0.3 is 5.32 Å². The van der Waals surface area contributed by atoms with Crippen molar-refractivity contribution in [3.05, 3.63) is 52.5 Å². The molecule has 5 heteroatoms. The molecule has 2 heterocycles. The Bertz CT molecular complexity index is 729. The fourth-order valence-corrected chi connectivity index (χ4v) is 2.91. The van der Waals surface area contributed by atoms with Crippen LogP contribution in [-0.4, -0.2) is 9.38 Å². The zero-order valence-corrected chi connectivity index (χ0v) is 11.6. The van der Waals surface area contributed by atoms with Gasteiger partial charge in [-0.05, 0) is 26.0 Å². The molecule has 98 valence electrons. The van der Waals surface area contributed by atoms with Crippen LogP contribution >= 0.6 is 11.3 Å². The SMILES string of the molecule is Cc1nc2sccn2c1CNc1cccc(F)c1C. The van der Waals surface area contributed by atoms with Gasteiger partial charge >= 0.3 is 0 Å². The second kappa shape index (κ2) is 4.66. The van der Waals surface area contributed by atoms with Gasteiger partial charge in [-0.15, -0.1) is 11.3 Å². The number of fused-ring (bicyclic) bond motifs is 1. The Balaban J connectivity index is 1.88. The molecular formula is C14H14FN3S. The molecule has 3 aromatic rings. The molecule has 3 nitrogen and oxygen atoms in total. The second-order valence-electron chi connectivity index (χ2n) is 4.47. The maximum atomic E-state index is 13.5. The van der Waals surface area contributed by atoms with E-state index in [-0.39, 0.29) is 5.82 Å². The van der Waals surface area contributed by atoms with Crippen molar-refractivity contribution in [2.45, 2.75) is 20.4 Å². The third kappa shape index (κ3) is 2.10. The molecule has 0 bridgehead atoms. The van der Waals surface area contributed by atoms with Gasteiger partial charge in [-0.25, -0.2) is 9.37 Å². The number of nitrogens with one attached hydrogen (secondary N) is 1. The minimum atomic E-state index is -0.185. The zero-order chi connectivity index (χ0) is 13.4. The first-order chi connectivity index (χ1) is 9.16. The maximum Gasteiger partial charge on any atom is 0.194 e. The molecule has 0 saturated heterocycles. The lowest BCUT2D eigenvalue weighted by atomic mass is 10.2. The van der Waals surface area contributed by atoms with Gasteiger partial charge in [0.25, 0.3) is 0 Å². The summed E-state index contributed by atoms with van der Waals surface area (Å²) >= 11 is 1.61. The summed E-state index contributed by atoms with van der Waals surface area (Å²) in [5.74, 6) is -0.185. The van der Waals surface area contributed by atoms with E-state index in [1.165, 1.54) is 6.07 Å². The minimum absolute atomic E-state index is 0.185. The molecule has 0 radical (unpaired) electrons. The van der Waals surface area contributed by atoms with Crippen molar-refractivity contribution in [1.29, 1.82) is 0 Å². The molecular weight excluding hydrogens is 261 g/mol. The number of aromatic nitrogens is 2. The normalized spacial score (nSPS) is 11.1. The van der Waals surface area contributed by atoms with Gasteiger partial charge in [0.2, 0.25) is 0 Å². The molecule has 19 heavy (non-hydrogen) atoms. The van der Waals surface area contributed by atoms with E-state index in [2.05, 4.69) is 14.7 Å². The van der Waals surface area contributed by atoms with E-state index in [4.69, 9.17) is 0 Å². The first-order valence-electron chi connectivity index (χ1n) is 6.07. The third-order valence-electron chi connectivity index (χ3n) is 3.28. The number of imidazole rings is 1. The smallest absolute Gasteiger partial charge is 0.194 e. The number of rotatable bonds is 3. The van der Waals surface area contributed by atoms with Crippen molar-refractivity contribution in [2.75, 3.05) is 5.32 Å². The predicted octanol–water partition coefficient (Wildman–Crippen LogP) is 3.76. The molecule has 0 aliphatic rings. The summed E-state index contributed by atoms with van der Waals surface area (Å²) in [4.78, 5) is 5.48. The Morgan fingerprint density at radius 1 is 1.37 bits per heavy atom. The third-order valence-corrected chi connectivity index (χ3v) is 4.03. The standard InChI is InChI=1S/C14H14FN3S/c1-9-11(15)4-3-5-12(9)16-8-13-10(2)17-14-18(13)6-7-19-14/h3-7,16H,8H2,1-2H3. The van der Waals surface area contributed by atoms with Crippen LogP contribution in [0.2, 0.25) is 0 Å². The molecule has 0 aliphatic carbocycles. The summed E-state index contributed by atoms with van der Waals surface area (Å²) in [6.07, 6.45) is 2.01. The number of halogens is 1. The van der Waals surface area contributed by atoms with Crippen molar-refractivity contribution < 1.29 is 4.39 Å². The van der Waals surface area contributed by atoms with Crippen LogP contribution in [0.4, 0.5) is 10.1 Å². The molecule has 0 fully saturated rings. The molecule has 0 saturated carbocycles. The zero-order valence-electron chi connectivity index (χ0n) is 10.8. The van der Waals surface area contributed by atoms with Crippen LogP contribution in [0, 0.1) is 19.7 Å². The fourth-order valence-electron chi connectivity index (χ4n) is 2.13. The number of hydrogen-bond donors (Lipinski definition) is 1. The molecule has 0 spiro atoms. The Morgan fingerprint density at radius 3 is 3.05 bits per heavy atom. The van der Waals surface area contributed by atoms with Crippen LogP contribution in [0.5, 0.6) is 0 Å². The largest absolute Gasteiger partial charge is 0.379 e. The molecule has 0 amide bonds. The number of anilines is 1. The summed E-state index contributed by atoms with van der Waals surface area (Å²) in [5.41, 5.74) is 3.59. The first kappa shape index (κ1) is 12.2. The average Bonchev–Trinajstić information content (AvgIpc) is 2.93. The first-order valence-corrected chi connectivity index (χ1v) is 6.95. The lowest BCUT2D eigenvalue weighted by molar-refractivity contribution is 0.619. The van der Waals surface area contributed by atoms with E-state index in [9.17, 15) is 4.39 Å². The molecule has 2 aromatic heterocycles. The van der Waals surface area contributed by atoms with Gasteiger partial charge in [-0.1, -0.05) is 6.07 Å². The van der Waals surface area contributed by atoms with E-state index in [1.807, 2.05) is 24.6 Å². The lowest BCUT2D eigenvalue weighted by Gasteiger charge is -2.10. The highest BCUT2D eigenvalue weighted by Crippen LogP contribution is 2.21. The van der Waals surface area contributed by atoms with Gasteiger partial charge in [0.1, 0.15) is 5.82 Å². The predicted molar refractivity (Wildman–Crippen MR) is 76.3 cm³/mol. The van der Waals surface area contributed by atoms with Crippen LogP contribution in [0.25, 0.3) is 4.96 Å². The Morgan fingerprint density at radius 2 is 2.21 bits per heavy atom. The lowest BCUT2D eigenvalue weighted by Crippen LogP contribution is -2.05. The van der Waals surface area contributed by atoms with E-state index < -0.39 is 0 Å². The second-order valence-corrected chi connectivity index (χ2v) is 5.34. The minimum Gasteiger partial charge on any atom is -0.379 e. The molecule has 0 atom stereocenters. The summed E-state index contributed by atoms with van der Waals surface area (Å²) in [7, 11) is 0. The van der Waals surface area contributed by atoms with Crippen molar-refractivity contribution >= 4 is 22.0 Å². The average molecular weight is 275 g/mol. The van der Waals surface area contributed by atoms with Crippen molar-refractivity contribution in [3.8, 4) is 0 Å².